The minimum atomic E-state index is -0.660. The molecule has 1 atom stereocenters. The summed E-state index contributed by atoms with van der Waals surface area (Å²) in [5.41, 5.74) is 1.92. The van der Waals surface area contributed by atoms with Gasteiger partial charge in [0, 0.05) is 0 Å². The molecule has 1 aliphatic rings. The minimum Gasteiger partial charge on any atom is -0.385 e. The van der Waals surface area contributed by atoms with Crippen LogP contribution in [-0.2, 0) is 11.0 Å². The van der Waals surface area contributed by atoms with Gasteiger partial charge in [0.2, 0.25) is 0 Å². The van der Waals surface area contributed by atoms with Gasteiger partial charge in [0.25, 0.3) is 0 Å². The van der Waals surface area contributed by atoms with Gasteiger partial charge < -0.3 is 5.11 Å². The zero-order valence-electron chi connectivity index (χ0n) is 12.2. The average molecular weight is 246 g/mol. The maximum atomic E-state index is 10.8. The SMILES string of the molecule is CC(C)(C)c1ccc([C@@](C)(O)C2CCCC2)cc1. The predicted octanol–water partition coefficient (Wildman–Crippen LogP) is 4.38. The summed E-state index contributed by atoms with van der Waals surface area (Å²) >= 11 is 0. The summed E-state index contributed by atoms with van der Waals surface area (Å²) < 4.78 is 0. The number of hydrogen-bond donors (Lipinski definition) is 1. The summed E-state index contributed by atoms with van der Waals surface area (Å²) in [6, 6.07) is 8.55. The Balaban J connectivity index is 2.23. The molecule has 1 heteroatoms. The van der Waals surface area contributed by atoms with Crippen LogP contribution in [-0.4, -0.2) is 5.11 Å². The monoisotopic (exact) mass is 246 g/mol. The number of rotatable bonds is 2. The molecule has 1 aliphatic carbocycles. The molecule has 100 valence electrons. The molecular weight excluding hydrogens is 220 g/mol. The van der Waals surface area contributed by atoms with Crippen molar-refractivity contribution in [1.82, 2.24) is 0 Å². The van der Waals surface area contributed by atoms with Crippen molar-refractivity contribution in [2.24, 2.45) is 5.92 Å². The first-order valence-electron chi connectivity index (χ1n) is 7.15. The van der Waals surface area contributed by atoms with Crippen molar-refractivity contribution >= 4 is 0 Å². The van der Waals surface area contributed by atoms with Crippen LogP contribution in [0.5, 0.6) is 0 Å². The summed E-state index contributed by atoms with van der Waals surface area (Å²) in [5, 5.41) is 10.8. The quantitative estimate of drug-likeness (QED) is 0.821. The second kappa shape index (κ2) is 4.70. The van der Waals surface area contributed by atoms with Gasteiger partial charge in [0.05, 0.1) is 5.60 Å². The first kappa shape index (κ1) is 13.6. The molecule has 1 saturated carbocycles. The van der Waals surface area contributed by atoms with Crippen molar-refractivity contribution in [3.05, 3.63) is 35.4 Å². The Morgan fingerprint density at radius 2 is 1.33 bits per heavy atom. The molecule has 0 aliphatic heterocycles. The van der Waals surface area contributed by atoms with Crippen LogP contribution in [0.25, 0.3) is 0 Å². The van der Waals surface area contributed by atoms with Crippen LogP contribution in [0, 0.1) is 5.92 Å². The van der Waals surface area contributed by atoms with E-state index in [-0.39, 0.29) is 5.41 Å². The summed E-state index contributed by atoms with van der Waals surface area (Å²) in [7, 11) is 0. The second-order valence-electron chi connectivity index (χ2n) is 6.96. The molecule has 18 heavy (non-hydrogen) atoms. The van der Waals surface area contributed by atoms with Crippen molar-refractivity contribution in [2.75, 3.05) is 0 Å². The molecule has 0 unspecified atom stereocenters. The van der Waals surface area contributed by atoms with Crippen molar-refractivity contribution < 1.29 is 5.11 Å². The van der Waals surface area contributed by atoms with Crippen LogP contribution >= 0.6 is 0 Å². The highest BCUT2D eigenvalue weighted by molar-refractivity contribution is 5.31. The van der Waals surface area contributed by atoms with Crippen LogP contribution < -0.4 is 0 Å². The Bertz CT molecular complexity index is 389. The fourth-order valence-corrected chi connectivity index (χ4v) is 3.03. The fraction of sp³-hybridized carbons (Fsp3) is 0.647. The molecule has 0 amide bonds. The molecule has 1 aromatic carbocycles. The van der Waals surface area contributed by atoms with Crippen molar-refractivity contribution in [2.45, 2.75) is 64.4 Å². The van der Waals surface area contributed by atoms with Crippen LogP contribution in [0.4, 0.5) is 0 Å². The standard InChI is InChI=1S/C17H26O/c1-16(2,3)13-9-11-15(12-10-13)17(4,18)14-7-5-6-8-14/h9-12,14,18H,5-8H2,1-4H3/t17-/m0/s1. The van der Waals surface area contributed by atoms with Crippen LogP contribution in [0.15, 0.2) is 24.3 Å². The zero-order chi connectivity index (χ0) is 13.4. The molecule has 2 rings (SSSR count). The highest BCUT2D eigenvalue weighted by Crippen LogP contribution is 2.40. The van der Waals surface area contributed by atoms with Gasteiger partial charge >= 0.3 is 0 Å². The lowest BCUT2D eigenvalue weighted by Crippen LogP contribution is -2.30. The van der Waals surface area contributed by atoms with Gasteiger partial charge in [-0.25, -0.2) is 0 Å². The van der Waals surface area contributed by atoms with E-state index in [1.54, 1.807) is 0 Å². The minimum absolute atomic E-state index is 0.178. The average Bonchev–Trinajstić information content (AvgIpc) is 2.82. The van der Waals surface area contributed by atoms with Gasteiger partial charge in [0.15, 0.2) is 0 Å². The van der Waals surface area contributed by atoms with E-state index >= 15 is 0 Å². The van der Waals surface area contributed by atoms with E-state index < -0.39 is 5.60 Å². The number of hydrogen-bond acceptors (Lipinski definition) is 1. The van der Waals surface area contributed by atoms with E-state index in [0.29, 0.717) is 5.92 Å². The molecule has 1 N–H and O–H groups in total. The maximum Gasteiger partial charge on any atom is 0.0896 e. The first-order valence-corrected chi connectivity index (χ1v) is 7.15. The Hall–Kier alpha value is -0.820. The van der Waals surface area contributed by atoms with Gasteiger partial charge in [0.1, 0.15) is 0 Å². The molecule has 0 heterocycles. The van der Waals surface area contributed by atoms with Gasteiger partial charge in [-0.1, -0.05) is 57.9 Å². The van der Waals surface area contributed by atoms with Crippen molar-refractivity contribution in [3.63, 3.8) is 0 Å². The summed E-state index contributed by atoms with van der Waals surface area (Å²) in [4.78, 5) is 0. The molecule has 1 nitrogen and oxygen atoms in total. The highest BCUT2D eigenvalue weighted by Gasteiger charge is 2.35. The molecule has 0 aromatic heterocycles. The van der Waals surface area contributed by atoms with Crippen LogP contribution in [0.2, 0.25) is 0 Å². The Labute approximate surface area is 111 Å². The van der Waals surface area contributed by atoms with Crippen molar-refractivity contribution in [1.29, 1.82) is 0 Å². The third kappa shape index (κ3) is 2.61. The van der Waals surface area contributed by atoms with E-state index in [1.165, 1.54) is 18.4 Å². The lowest BCUT2D eigenvalue weighted by molar-refractivity contribution is -0.00335. The molecule has 0 spiro atoms. The third-order valence-electron chi connectivity index (χ3n) is 4.49. The molecule has 1 fully saturated rings. The molecule has 1 aromatic rings. The normalized spacial score (nSPS) is 20.9. The summed E-state index contributed by atoms with van der Waals surface area (Å²) in [5.74, 6) is 0.429. The van der Waals surface area contributed by atoms with E-state index in [0.717, 1.165) is 18.4 Å². The topological polar surface area (TPSA) is 20.2 Å². The number of benzene rings is 1. The largest absolute Gasteiger partial charge is 0.385 e. The fourth-order valence-electron chi connectivity index (χ4n) is 3.03. The van der Waals surface area contributed by atoms with Crippen LogP contribution in [0.1, 0.15) is 64.5 Å². The number of aliphatic hydroxyl groups is 1. The van der Waals surface area contributed by atoms with E-state index in [4.69, 9.17) is 0 Å². The van der Waals surface area contributed by atoms with Gasteiger partial charge in [-0.05, 0) is 42.2 Å². The van der Waals surface area contributed by atoms with E-state index in [9.17, 15) is 5.11 Å². The lowest BCUT2D eigenvalue weighted by atomic mass is 9.80. The first-order chi connectivity index (χ1) is 8.32. The second-order valence-corrected chi connectivity index (χ2v) is 6.96. The molecular formula is C17H26O. The van der Waals surface area contributed by atoms with Crippen LogP contribution in [0.3, 0.4) is 0 Å². The summed E-state index contributed by atoms with van der Waals surface area (Å²) in [6.45, 7) is 8.64. The Morgan fingerprint density at radius 3 is 1.78 bits per heavy atom. The van der Waals surface area contributed by atoms with Gasteiger partial charge in [-0.3, -0.25) is 0 Å². The van der Waals surface area contributed by atoms with E-state index in [2.05, 4.69) is 45.0 Å². The highest BCUT2D eigenvalue weighted by atomic mass is 16.3. The third-order valence-corrected chi connectivity index (χ3v) is 4.49. The Morgan fingerprint density at radius 1 is 0.889 bits per heavy atom. The molecule has 0 radical (unpaired) electrons. The van der Waals surface area contributed by atoms with Gasteiger partial charge in [-0.15, -0.1) is 0 Å². The molecule has 0 saturated heterocycles. The Kier molecular flexibility index (Phi) is 3.55. The predicted molar refractivity (Wildman–Crippen MR) is 76.7 cm³/mol. The smallest absolute Gasteiger partial charge is 0.0896 e. The van der Waals surface area contributed by atoms with E-state index in [1.807, 2.05) is 6.92 Å². The van der Waals surface area contributed by atoms with Gasteiger partial charge in [-0.2, -0.15) is 0 Å². The lowest BCUT2D eigenvalue weighted by Gasteiger charge is -2.31. The zero-order valence-corrected chi connectivity index (χ0v) is 12.2. The van der Waals surface area contributed by atoms with Crippen molar-refractivity contribution in [3.8, 4) is 0 Å². The molecule has 0 bridgehead atoms. The summed E-state index contributed by atoms with van der Waals surface area (Å²) in [6.07, 6.45) is 4.85. The maximum absolute atomic E-state index is 10.8.